The van der Waals surface area contributed by atoms with E-state index in [1.165, 1.54) is 23.5 Å². The summed E-state index contributed by atoms with van der Waals surface area (Å²) in [7, 11) is 0. The van der Waals surface area contributed by atoms with Crippen LogP contribution in [0.1, 0.15) is 18.7 Å². The summed E-state index contributed by atoms with van der Waals surface area (Å²) in [6, 6.07) is 9.84. The second kappa shape index (κ2) is 11.3. The number of aliphatic hydroxyl groups is 1. The third kappa shape index (κ3) is 7.46. The number of benzene rings is 1. The van der Waals surface area contributed by atoms with Gasteiger partial charge in [-0.3, -0.25) is 0 Å². The zero-order valence-electron chi connectivity index (χ0n) is 14.9. The minimum absolute atomic E-state index is 0. The Balaban J connectivity index is 0.00000338. The van der Waals surface area contributed by atoms with Gasteiger partial charge in [-0.25, -0.2) is 9.38 Å². The highest BCUT2D eigenvalue weighted by molar-refractivity contribution is 14.0. The summed E-state index contributed by atoms with van der Waals surface area (Å²) in [6.07, 6.45) is 0. The van der Waals surface area contributed by atoms with Crippen LogP contribution < -0.4 is 15.4 Å². The molecule has 0 bridgehead atoms. The monoisotopic (exact) mass is 493 g/mol. The molecule has 26 heavy (non-hydrogen) atoms. The average Bonchev–Trinajstić information content (AvgIpc) is 3.12. The topological polar surface area (TPSA) is 65.9 Å². The highest BCUT2D eigenvalue weighted by Crippen LogP contribution is 2.25. The molecule has 1 heterocycles. The first-order valence-electron chi connectivity index (χ1n) is 8.18. The van der Waals surface area contributed by atoms with Crippen LogP contribution >= 0.6 is 35.3 Å². The van der Waals surface area contributed by atoms with Crippen molar-refractivity contribution in [2.75, 3.05) is 26.2 Å². The Morgan fingerprint density at radius 3 is 2.77 bits per heavy atom. The number of halogens is 2. The number of rotatable bonds is 8. The zero-order valence-corrected chi connectivity index (χ0v) is 18.0. The molecule has 1 unspecified atom stereocenters. The average molecular weight is 493 g/mol. The molecule has 1 aromatic heterocycles. The van der Waals surface area contributed by atoms with Crippen LogP contribution in [0.4, 0.5) is 4.39 Å². The van der Waals surface area contributed by atoms with Crippen LogP contribution in [0.25, 0.3) is 0 Å². The largest absolute Gasteiger partial charge is 0.492 e. The van der Waals surface area contributed by atoms with Crippen molar-refractivity contribution in [1.82, 2.24) is 10.6 Å². The van der Waals surface area contributed by atoms with E-state index < -0.39 is 5.60 Å². The minimum atomic E-state index is -1.01. The lowest BCUT2D eigenvalue weighted by molar-refractivity contribution is 0.0711. The fourth-order valence-corrected chi connectivity index (χ4v) is 2.91. The van der Waals surface area contributed by atoms with Gasteiger partial charge in [0.25, 0.3) is 0 Å². The molecule has 3 N–H and O–H groups in total. The molecule has 0 saturated carbocycles. The zero-order chi connectivity index (χ0) is 18.1. The van der Waals surface area contributed by atoms with Gasteiger partial charge >= 0.3 is 0 Å². The van der Waals surface area contributed by atoms with Crippen LogP contribution in [0.15, 0.2) is 46.8 Å². The predicted molar refractivity (Wildman–Crippen MR) is 115 cm³/mol. The molecule has 0 radical (unpaired) electrons. The molecule has 0 aliphatic heterocycles. The smallest absolute Gasteiger partial charge is 0.191 e. The molecule has 144 valence electrons. The van der Waals surface area contributed by atoms with Crippen LogP contribution in [0.2, 0.25) is 0 Å². The number of nitrogens with zero attached hydrogens (tertiary/aromatic N) is 1. The molecule has 0 spiro atoms. The fourth-order valence-electron chi connectivity index (χ4n) is 2.13. The van der Waals surface area contributed by atoms with Crippen LogP contribution in [0, 0.1) is 5.82 Å². The Kier molecular flexibility index (Phi) is 9.89. The maximum Gasteiger partial charge on any atom is 0.191 e. The van der Waals surface area contributed by atoms with Crippen LogP contribution in [0.3, 0.4) is 0 Å². The van der Waals surface area contributed by atoms with E-state index in [1.807, 2.05) is 24.4 Å². The van der Waals surface area contributed by atoms with Crippen molar-refractivity contribution in [3.63, 3.8) is 0 Å². The molecule has 0 saturated heterocycles. The first-order valence-corrected chi connectivity index (χ1v) is 9.06. The van der Waals surface area contributed by atoms with Gasteiger partial charge in [0.1, 0.15) is 23.8 Å². The van der Waals surface area contributed by atoms with Gasteiger partial charge in [-0.15, -0.1) is 35.3 Å². The number of nitrogens with one attached hydrogen (secondary N) is 2. The highest BCUT2D eigenvalue weighted by Gasteiger charge is 2.23. The van der Waals surface area contributed by atoms with Gasteiger partial charge in [-0.1, -0.05) is 12.1 Å². The normalized spacial score (nSPS) is 13.5. The Bertz CT molecular complexity index is 681. The van der Waals surface area contributed by atoms with Gasteiger partial charge in [0.15, 0.2) is 5.96 Å². The number of hydrogen-bond donors (Lipinski definition) is 3. The summed E-state index contributed by atoms with van der Waals surface area (Å²) >= 11 is 1.50. The van der Waals surface area contributed by atoms with E-state index in [-0.39, 0.29) is 36.3 Å². The lowest BCUT2D eigenvalue weighted by Gasteiger charge is -2.20. The Hall–Kier alpha value is -1.39. The molecule has 0 aliphatic rings. The molecule has 0 fully saturated rings. The van der Waals surface area contributed by atoms with Crippen molar-refractivity contribution in [2.24, 2.45) is 4.99 Å². The maximum atomic E-state index is 13.1. The number of aliphatic imine (C=N–C) groups is 1. The first kappa shape index (κ1) is 22.7. The van der Waals surface area contributed by atoms with E-state index >= 15 is 0 Å². The van der Waals surface area contributed by atoms with E-state index in [2.05, 4.69) is 15.6 Å². The number of ether oxygens (including phenoxy) is 1. The van der Waals surface area contributed by atoms with Gasteiger partial charge in [-0.2, -0.15) is 0 Å². The van der Waals surface area contributed by atoms with Crippen molar-refractivity contribution < 1.29 is 14.2 Å². The Morgan fingerprint density at radius 1 is 1.31 bits per heavy atom. The van der Waals surface area contributed by atoms with Crippen molar-refractivity contribution in [1.29, 1.82) is 0 Å². The summed E-state index contributed by atoms with van der Waals surface area (Å²) in [5.41, 5.74) is -1.01. The van der Waals surface area contributed by atoms with Crippen LogP contribution in [-0.2, 0) is 5.60 Å². The fraction of sp³-hybridized carbons (Fsp3) is 0.389. The van der Waals surface area contributed by atoms with E-state index in [4.69, 9.17) is 4.74 Å². The van der Waals surface area contributed by atoms with E-state index in [1.54, 1.807) is 19.1 Å². The Morgan fingerprint density at radius 2 is 2.12 bits per heavy atom. The van der Waals surface area contributed by atoms with Crippen LogP contribution in [-0.4, -0.2) is 37.3 Å². The minimum Gasteiger partial charge on any atom is -0.492 e. The number of guanidine groups is 1. The van der Waals surface area contributed by atoms with E-state index in [0.717, 1.165) is 4.88 Å². The molecule has 5 nitrogen and oxygen atoms in total. The van der Waals surface area contributed by atoms with E-state index in [9.17, 15) is 9.50 Å². The van der Waals surface area contributed by atoms with Gasteiger partial charge in [0, 0.05) is 17.5 Å². The molecule has 1 atom stereocenters. The lowest BCUT2D eigenvalue weighted by Crippen LogP contribution is -2.40. The second-order valence-electron chi connectivity index (χ2n) is 5.68. The predicted octanol–water partition coefficient (Wildman–Crippen LogP) is 3.35. The third-order valence-corrected chi connectivity index (χ3v) is 4.52. The van der Waals surface area contributed by atoms with Crippen LogP contribution in [0.5, 0.6) is 5.75 Å². The van der Waals surface area contributed by atoms with Crippen molar-refractivity contribution in [3.05, 3.63) is 52.5 Å². The standard InChI is InChI=1S/C18H24FN3O2S.HI/c1-3-20-17(22-13-18(2,23)16-8-5-11-25-16)21-9-10-24-15-7-4-6-14(19)12-15;/h4-8,11-12,23H,3,9-10,13H2,1-2H3,(H2,20,21,22);1H. The quantitative estimate of drug-likeness (QED) is 0.229. The van der Waals surface area contributed by atoms with Gasteiger partial charge in [0.05, 0.1) is 13.1 Å². The van der Waals surface area contributed by atoms with Gasteiger partial charge in [0.2, 0.25) is 0 Å². The molecule has 2 rings (SSSR count). The maximum absolute atomic E-state index is 13.1. The van der Waals surface area contributed by atoms with Gasteiger partial charge in [-0.05, 0) is 37.4 Å². The highest BCUT2D eigenvalue weighted by atomic mass is 127. The number of thiophene rings is 1. The summed E-state index contributed by atoms with van der Waals surface area (Å²) in [6.45, 7) is 5.54. The summed E-state index contributed by atoms with van der Waals surface area (Å²) in [4.78, 5) is 5.31. The first-order chi connectivity index (χ1) is 12.0. The molecule has 0 amide bonds. The lowest BCUT2D eigenvalue weighted by atomic mass is 10.1. The molecule has 0 aliphatic carbocycles. The molecular formula is C18H25FIN3O2S. The van der Waals surface area contributed by atoms with E-state index in [0.29, 0.717) is 31.4 Å². The molecule has 1 aromatic carbocycles. The van der Waals surface area contributed by atoms with Crippen molar-refractivity contribution >= 4 is 41.3 Å². The molecule has 8 heteroatoms. The van der Waals surface area contributed by atoms with Crippen molar-refractivity contribution in [3.8, 4) is 5.75 Å². The molecule has 2 aromatic rings. The van der Waals surface area contributed by atoms with Crippen molar-refractivity contribution in [2.45, 2.75) is 19.4 Å². The molecular weight excluding hydrogens is 468 g/mol. The number of hydrogen-bond acceptors (Lipinski definition) is 4. The third-order valence-electron chi connectivity index (χ3n) is 3.40. The summed E-state index contributed by atoms with van der Waals surface area (Å²) in [5, 5.41) is 18.7. The summed E-state index contributed by atoms with van der Waals surface area (Å²) in [5.74, 6) is 0.766. The second-order valence-corrected chi connectivity index (χ2v) is 6.63. The Labute approximate surface area is 174 Å². The van der Waals surface area contributed by atoms with Gasteiger partial charge < -0.3 is 20.5 Å². The SMILES string of the molecule is CCNC(=NCC(C)(O)c1cccs1)NCCOc1cccc(F)c1.I. The summed E-state index contributed by atoms with van der Waals surface area (Å²) < 4.78 is 18.6.